The molecule has 0 aliphatic heterocycles. The molecule has 0 atom stereocenters. The second kappa shape index (κ2) is 19.9. The fourth-order valence-electron chi connectivity index (χ4n) is 4.89. The van der Waals surface area contributed by atoms with E-state index in [4.69, 9.17) is 27.0 Å². The topological polar surface area (TPSA) is 310 Å². The Balaban J connectivity index is 0.00000361. The maximum absolute atomic E-state index is 13.7. The third-order valence-electron chi connectivity index (χ3n) is 7.33. The monoisotopic (exact) mass is 871 g/mol. The van der Waals surface area contributed by atoms with Gasteiger partial charge in [0.15, 0.2) is 0 Å². The fraction of sp³-hybridized carbons (Fsp3) is 0.0667. The first-order valence-electron chi connectivity index (χ1n) is 14.2. The molecule has 5 aromatic carbocycles. The first kappa shape index (κ1) is 49.5. The molecule has 0 aliphatic carbocycles. The summed E-state index contributed by atoms with van der Waals surface area (Å²) >= 11 is 5.34. The van der Waals surface area contributed by atoms with Gasteiger partial charge in [0.1, 0.15) is 53.7 Å². The van der Waals surface area contributed by atoms with Gasteiger partial charge in [-0.2, -0.15) is 13.5 Å². The Morgan fingerprint density at radius 2 is 1.16 bits per heavy atom. The van der Waals surface area contributed by atoms with Crippen LogP contribution in [-0.4, -0.2) is 53.1 Å². The number of hydrogen-bond donors (Lipinski definition) is 2. The van der Waals surface area contributed by atoms with Crippen LogP contribution in [0.4, 0.5) is 34.1 Å². The van der Waals surface area contributed by atoms with Crippen molar-refractivity contribution < 1.29 is 142 Å². The molecule has 0 saturated carbocycles. The Morgan fingerprint density at radius 1 is 0.661 bits per heavy atom. The van der Waals surface area contributed by atoms with Crippen molar-refractivity contribution in [2.24, 2.45) is 30.2 Å². The van der Waals surface area contributed by atoms with Gasteiger partial charge in [0.2, 0.25) is 0 Å². The fourth-order valence-corrected chi connectivity index (χ4v) is 6.76. The molecule has 0 unspecified atom stereocenters. The van der Waals surface area contributed by atoms with Crippen LogP contribution < -0.4 is 109 Å². The molecule has 5 rings (SSSR count). The van der Waals surface area contributed by atoms with Crippen molar-refractivity contribution in [3.63, 3.8) is 0 Å². The maximum atomic E-state index is 13.7. The molecule has 0 spiro atoms. The van der Waals surface area contributed by atoms with Crippen molar-refractivity contribution in [2.75, 3.05) is 20.0 Å². The predicted molar refractivity (Wildman–Crippen MR) is 184 cm³/mol. The zero-order valence-electron chi connectivity index (χ0n) is 29.7. The van der Waals surface area contributed by atoms with Gasteiger partial charge in [-0.25, -0.2) is 16.8 Å². The number of methoxy groups -OCH3 is 2. The van der Waals surface area contributed by atoms with Crippen LogP contribution in [-0.2, 0) is 30.4 Å². The Bertz CT molecular complexity index is 2730. The van der Waals surface area contributed by atoms with Gasteiger partial charge in [-0.15, -0.1) is 20.5 Å². The summed E-state index contributed by atoms with van der Waals surface area (Å²) in [6.07, 6.45) is 0. The minimum atomic E-state index is -5.43. The number of benzene rings is 5. The molecule has 0 saturated heterocycles. The molecule has 0 fully saturated rings. The Kier molecular flexibility index (Phi) is 17.6. The summed E-state index contributed by atoms with van der Waals surface area (Å²) in [5.41, 5.74) is 5.15. The van der Waals surface area contributed by atoms with Crippen molar-refractivity contribution in [1.82, 2.24) is 0 Å². The van der Waals surface area contributed by atoms with Crippen LogP contribution in [0.25, 0.3) is 21.9 Å². The minimum absolute atomic E-state index is 0. The summed E-state index contributed by atoms with van der Waals surface area (Å²) in [6.45, 7) is 0. The molecule has 19 nitrogen and oxygen atoms in total. The van der Waals surface area contributed by atoms with Crippen LogP contribution in [0.1, 0.15) is 0 Å². The standard InChI is InChI=1S/C30H24ClN7O12S3.3Na/c1-49-22-11-15(16-4-10-21(35-38-31)23(12-16)50-2)3-9-20(22)34-36-28-24(52(43,44)45)13-17-14-25(53(46,47)48)29(30(39)26(17)27(28)32)37-33-18-5-7-19(8-6-18)51(40,41)42;;;/h3-14,39H,32H2,1-2H3,(H,40,41,42)(H,43,44,45)(H,46,47,48);;;/q;3*+1/p-3. The number of halogens is 1. The molecule has 0 aliphatic rings. The molecule has 26 heteroatoms. The van der Waals surface area contributed by atoms with Crippen LogP contribution in [0, 0.1) is 0 Å². The quantitative estimate of drug-likeness (QED) is 0.0592. The number of nitrogen functional groups attached to an aromatic ring is 1. The van der Waals surface area contributed by atoms with Crippen LogP contribution in [0.2, 0.25) is 0 Å². The number of azo groups is 2. The van der Waals surface area contributed by atoms with Gasteiger partial charge in [0.05, 0.1) is 52.8 Å². The SMILES string of the molecule is COc1cc(-c2ccc(N=Nc3c(S(=O)(=O)[O-])cc4cc(S(=O)(=O)O)c(N=Nc5ccc(S(=O)(=O)[O-])cc5)c([O-])c4c3N)c(OC)c2)ccc1N=NCl.[Na+].[Na+].[Na+]. The smallest absolute Gasteiger partial charge is 0.870 e. The van der Waals surface area contributed by atoms with Crippen LogP contribution in [0.5, 0.6) is 17.2 Å². The van der Waals surface area contributed by atoms with E-state index in [1.165, 1.54) is 20.3 Å². The van der Waals surface area contributed by atoms with Gasteiger partial charge >= 0.3 is 88.7 Å². The molecular weight excluding hydrogens is 851 g/mol. The van der Waals surface area contributed by atoms with Crippen molar-refractivity contribution in [3.05, 3.63) is 72.8 Å². The summed E-state index contributed by atoms with van der Waals surface area (Å²) in [6, 6.07) is 14.6. The van der Waals surface area contributed by atoms with E-state index in [9.17, 15) is 44.0 Å². The van der Waals surface area contributed by atoms with E-state index in [1.807, 2.05) is 0 Å². The number of anilines is 1. The van der Waals surface area contributed by atoms with E-state index in [2.05, 4.69) is 30.2 Å². The third kappa shape index (κ3) is 11.1. The van der Waals surface area contributed by atoms with Crippen LogP contribution >= 0.6 is 11.8 Å². The predicted octanol–water partition coefficient (Wildman–Crippen LogP) is -2.68. The molecule has 0 bridgehead atoms. The summed E-state index contributed by atoms with van der Waals surface area (Å²) in [7, 11) is -12.8. The summed E-state index contributed by atoms with van der Waals surface area (Å²) in [5, 5.41) is 31.6. The van der Waals surface area contributed by atoms with E-state index in [0.29, 0.717) is 34.7 Å². The summed E-state index contributed by atoms with van der Waals surface area (Å²) in [5.74, 6) is -0.824. The van der Waals surface area contributed by atoms with Gasteiger partial charge in [-0.3, -0.25) is 4.55 Å². The first-order chi connectivity index (χ1) is 24.9. The summed E-state index contributed by atoms with van der Waals surface area (Å²) < 4.78 is 119. The molecule has 3 N–H and O–H groups in total. The minimum Gasteiger partial charge on any atom is -0.870 e. The Hall–Kier alpha value is -2.62. The largest absolute Gasteiger partial charge is 1.00 e. The number of fused-ring (bicyclic) bond motifs is 1. The van der Waals surface area contributed by atoms with Gasteiger partial charge in [0.25, 0.3) is 10.1 Å². The molecule has 0 heterocycles. The van der Waals surface area contributed by atoms with Gasteiger partial charge < -0.3 is 29.4 Å². The van der Waals surface area contributed by atoms with E-state index >= 15 is 0 Å². The average molecular weight is 872 g/mol. The van der Waals surface area contributed by atoms with Gasteiger partial charge in [-0.1, -0.05) is 22.5 Å². The van der Waals surface area contributed by atoms with Crippen LogP contribution in [0.3, 0.4) is 0 Å². The average Bonchev–Trinajstić information content (AvgIpc) is 3.09. The second-order valence-corrected chi connectivity index (χ2v) is 14.8. The second-order valence-electron chi connectivity index (χ2n) is 10.5. The zero-order valence-corrected chi connectivity index (χ0v) is 38.9. The number of nitrogens with zero attached hydrogens (tertiary/aromatic N) is 6. The summed E-state index contributed by atoms with van der Waals surface area (Å²) in [4.78, 5) is -2.84. The molecule has 0 radical (unpaired) electrons. The molecule has 0 amide bonds. The van der Waals surface area contributed by atoms with E-state index in [0.717, 1.165) is 24.3 Å². The van der Waals surface area contributed by atoms with Crippen LogP contribution in [0.15, 0.2) is 118 Å². The first-order valence-corrected chi connectivity index (χ1v) is 18.8. The van der Waals surface area contributed by atoms with Gasteiger partial charge in [-0.05, 0) is 77.2 Å². The van der Waals surface area contributed by atoms with Crippen molar-refractivity contribution in [1.29, 1.82) is 0 Å². The van der Waals surface area contributed by atoms with Crippen molar-refractivity contribution in [3.8, 4) is 28.4 Å². The van der Waals surface area contributed by atoms with E-state index in [-0.39, 0.29) is 106 Å². The number of hydrogen-bond acceptors (Lipinski definition) is 18. The number of nitrogens with two attached hydrogens (primary N) is 1. The zero-order chi connectivity index (χ0) is 38.9. The third-order valence-corrected chi connectivity index (χ3v) is 9.97. The molecular formula is C30H21ClN7Na3O12S3. The molecule has 5 aromatic rings. The maximum Gasteiger partial charge on any atom is 1.00 e. The number of ether oxygens (including phenoxy) is 2. The molecule has 0 aromatic heterocycles. The Morgan fingerprint density at radius 3 is 1.62 bits per heavy atom. The molecule has 56 heavy (non-hydrogen) atoms. The van der Waals surface area contributed by atoms with Gasteiger partial charge in [0, 0.05) is 5.39 Å². The molecule has 276 valence electrons. The van der Waals surface area contributed by atoms with E-state index in [1.54, 1.807) is 30.3 Å². The van der Waals surface area contributed by atoms with E-state index < -0.39 is 78.6 Å². The Labute approximate surface area is 390 Å². The van der Waals surface area contributed by atoms with Crippen molar-refractivity contribution >= 4 is 87.0 Å². The van der Waals surface area contributed by atoms with Crippen molar-refractivity contribution in [2.45, 2.75) is 14.7 Å². The number of rotatable bonds is 11. The normalized spacial score (nSPS) is 12.0.